The second-order valence-electron chi connectivity index (χ2n) is 8.26. The van der Waals surface area contributed by atoms with Crippen LogP contribution in [0.1, 0.15) is 48.0 Å². The fourth-order valence-electron chi connectivity index (χ4n) is 4.15. The number of carbonyl (C=O) groups is 3. The van der Waals surface area contributed by atoms with Gasteiger partial charge in [0.2, 0.25) is 11.8 Å². The molecule has 30 heavy (non-hydrogen) atoms. The van der Waals surface area contributed by atoms with Crippen LogP contribution in [0.3, 0.4) is 0 Å². The van der Waals surface area contributed by atoms with Gasteiger partial charge in [0, 0.05) is 35.9 Å². The molecule has 4 rings (SSSR count). The number of nitrogens with one attached hydrogen (secondary N) is 2. The first-order valence-electron chi connectivity index (χ1n) is 10.6. The molecule has 0 spiro atoms. The molecule has 6 nitrogen and oxygen atoms in total. The average Bonchev–Trinajstić information content (AvgIpc) is 3.39. The van der Waals surface area contributed by atoms with E-state index in [-0.39, 0.29) is 30.2 Å². The maximum atomic E-state index is 12.7. The Balaban J connectivity index is 1.34. The summed E-state index contributed by atoms with van der Waals surface area (Å²) >= 11 is 0. The summed E-state index contributed by atoms with van der Waals surface area (Å²) in [6.45, 7) is 2.37. The van der Waals surface area contributed by atoms with Gasteiger partial charge in [0.25, 0.3) is 5.91 Å². The number of aryl methyl sites for hydroxylation is 1. The Morgan fingerprint density at radius 3 is 2.30 bits per heavy atom. The lowest BCUT2D eigenvalue weighted by atomic mass is 10.1. The second-order valence-corrected chi connectivity index (χ2v) is 8.26. The summed E-state index contributed by atoms with van der Waals surface area (Å²) in [7, 11) is 0. The Morgan fingerprint density at radius 2 is 1.63 bits per heavy atom. The van der Waals surface area contributed by atoms with Gasteiger partial charge in [-0.05, 0) is 56.2 Å². The van der Waals surface area contributed by atoms with E-state index >= 15 is 0 Å². The summed E-state index contributed by atoms with van der Waals surface area (Å²) in [5, 5.41) is 5.93. The van der Waals surface area contributed by atoms with Crippen molar-refractivity contribution in [2.24, 2.45) is 5.92 Å². The third kappa shape index (κ3) is 4.53. The van der Waals surface area contributed by atoms with Crippen molar-refractivity contribution in [3.8, 4) is 0 Å². The maximum absolute atomic E-state index is 12.7. The van der Waals surface area contributed by atoms with E-state index in [1.54, 1.807) is 29.2 Å². The molecule has 2 aromatic carbocycles. The quantitative estimate of drug-likeness (QED) is 0.797. The molecule has 2 aromatic rings. The van der Waals surface area contributed by atoms with Crippen molar-refractivity contribution in [2.75, 3.05) is 16.8 Å². The molecule has 1 aliphatic heterocycles. The number of anilines is 2. The van der Waals surface area contributed by atoms with Gasteiger partial charge in [-0.1, -0.05) is 30.5 Å². The molecule has 1 saturated heterocycles. The Morgan fingerprint density at radius 1 is 0.967 bits per heavy atom. The highest BCUT2D eigenvalue weighted by Gasteiger charge is 2.35. The summed E-state index contributed by atoms with van der Waals surface area (Å²) in [5.74, 6) is -0.696. The molecule has 2 N–H and O–H groups in total. The lowest BCUT2D eigenvalue weighted by Crippen LogP contribution is -2.32. The van der Waals surface area contributed by atoms with Crippen LogP contribution >= 0.6 is 0 Å². The highest BCUT2D eigenvalue weighted by Crippen LogP contribution is 2.26. The number of rotatable bonds is 5. The number of hydrogen-bond donors (Lipinski definition) is 2. The van der Waals surface area contributed by atoms with Gasteiger partial charge in [0.15, 0.2) is 0 Å². The predicted octanol–water partition coefficient (Wildman–Crippen LogP) is 3.66. The van der Waals surface area contributed by atoms with Crippen molar-refractivity contribution >= 4 is 29.1 Å². The lowest BCUT2D eigenvalue weighted by Gasteiger charge is -2.17. The summed E-state index contributed by atoms with van der Waals surface area (Å²) in [5.41, 5.74) is 3.15. The van der Waals surface area contributed by atoms with Gasteiger partial charge in [-0.15, -0.1) is 0 Å². The first kappa shape index (κ1) is 20.1. The molecule has 3 amide bonds. The van der Waals surface area contributed by atoms with Crippen molar-refractivity contribution in [3.63, 3.8) is 0 Å². The average molecular weight is 405 g/mol. The number of carbonyl (C=O) groups excluding carboxylic acids is 3. The third-order valence-electron chi connectivity index (χ3n) is 5.95. The monoisotopic (exact) mass is 405 g/mol. The molecular weight excluding hydrogens is 378 g/mol. The first-order valence-corrected chi connectivity index (χ1v) is 10.6. The van der Waals surface area contributed by atoms with Gasteiger partial charge in [-0.25, -0.2) is 0 Å². The first-order chi connectivity index (χ1) is 14.5. The van der Waals surface area contributed by atoms with Crippen LogP contribution < -0.4 is 15.5 Å². The van der Waals surface area contributed by atoms with E-state index in [0.717, 1.165) is 24.1 Å². The van der Waals surface area contributed by atoms with E-state index < -0.39 is 5.92 Å². The van der Waals surface area contributed by atoms with E-state index in [1.807, 2.05) is 31.2 Å². The summed E-state index contributed by atoms with van der Waals surface area (Å²) < 4.78 is 0. The SMILES string of the molecule is Cc1ccc(N2CC(C(=O)Nc3ccc(C(=O)NC4CCCC4)cc3)CC2=O)cc1. The van der Waals surface area contributed by atoms with Crippen molar-refractivity contribution in [1.82, 2.24) is 5.32 Å². The van der Waals surface area contributed by atoms with Crippen LogP contribution in [0, 0.1) is 12.8 Å². The molecule has 2 fully saturated rings. The van der Waals surface area contributed by atoms with E-state index in [0.29, 0.717) is 17.8 Å². The minimum absolute atomic E-state index is 0.0436. The van der Waals surface area contributed by atoms with Crippen LogP contribution in [0.15, 0.2) is 48.5 Å². The fourth-order valence-corrected chi connectivity index (χ4v) is 4.15. The van der Waals surface area contributed by atoms with Gasteiger partial charge >= 0.3 is 0 Å². The number of amides is 3. The smallest absolute Gasteiger partial charge is 0.251 e. The zero-order valence-corrected chi connectivity index (χ0v) is 17.2. The number of benzene rings is 2. The molecule has 0 radical (unpaired) electrons. The zero-order chi connectivity index (χ0) is 21.1. The normalized spacial score (nSPS) is 19.2. The lowest BCUT2D eigenvalue weighted by molar-refractivity contribution is -0.122. The largest absolute Gasteiger partial charge is 0.349 e. The van der Waals surface area contributed by atoms with Crippen molar-refractivity contribution in [1.29, 1.82) is 0 Å². The maximum Gasteiger partial charge on any atom is 0.251 e. The second kappa shape index (κ2) is 8.69. The Bertz CT molecular complexity index is 931. The molecule has 1 atom stereocenters. The fraction of sp³-hybridized carbons (Fsp3) is 0.375. The Kier molecular flexibility index (Phi) is 5.84. The molecule has 1 heterocycles. The minimum atomic E-state index is -0.399. The Hall–Kier alpha value is -3.15. The summed E-state index contributed by atoms with van der Waals surface area (Å²) in [4.78, 5) is 39.1. The van der Waals surface area contributed by atoms with Crippen LogP contribution in [0.25, 0.3) is 0 Å². The van der Waals surface area contributed by atoms with Crippen molar-refractivity contribution in [2.45, 2.75) is 45.1 Å². The number of nitrogens with zero attached hydrogens (tertiary/aromatic N) is 1. The molecule has 6 heteroatoms. The van der Waals surface area contributed by atoms with Crippen molar-refractivity contribution in [3.05, 3.63) is 59.7 Å². The molecule has 1 aliphatic carbocycles. The van der Waals surface area contributed by atoms with E-state index in [4.69, 9.17) is 0 Å². The zero-order valence-electron chi connectivity index (χ0n) is 17.2. The van der Waals surface area contributed by atoms with Gasteiger partial charge < -0.3 is 15.5 Å². The van der Waals surface area contributed by atoms with Gasteiger partial charge in [0.05, 0.1) is 5.92 Å². The van der Waals surface area contributed by atoms with Crippen LogP contribution in [0.4, 0.5) is 11.4 Å². The van der Waals surface area contributed by atoms with E-state index in [1.165, 1.54) is 12.8 Å². The highest BCUT2D eigenvalue weighted by molar-refractivity contribution is 6.03. The van der Waals surface area contributed by atoms with Crippen molar-refractivity contribution < 1.29 is 14.4 Å². The van der Waals surface area contributed by atoms with Crippen LogP contribution in [0.5, 0.6) is 0 Å². The highest BCUT2D eigenvalue weighted by atomic mass is 16.2. The topological polar surface area (TPSA) is 78.5 Å². The summed E-state index contributed by atoms with van der Waals surface area (Å²) in [6, 6.07) is 14.9. The number of hydrogen-bond acceptors (Lipinski definition) is 3. The van der Waals surface area contributed by atoms with E-state index in [9.17, 15) is 14.4 Å². The molecule has 0 bridgehead atoms. The summed E-state index contributed by atoms with van der Waals surface area (Å²) in [6.07, 6.45) is 4.61. The van der Waals surface area contributed by atoms with Crippen LogP contribution in [0.2, 0.25) is 0 Å². The molecule has 2 aliphatic rings. The Labute approximate surface area is 176 Å². The minimum Gasteiger partial charge on any atom is -0.349 e. The molecule has 0 aromatic heterocycles. The third-order valence-corrected chi connectivity index (χ3v) is 5.95. The van der Waals surface area contributed by atoms with Gasteiger partial charge in [-0.2, -0.15) is 0 Å². The van der Waals surface area contributed by atoms with Crippen LogP contribution in [-0.4, -0.2) is 30.3 Å². The standard InChI is InChI=1S/C24H27N3O3/c1-16-6-12-21(13-7-16)27-15-18(14-22(27)28)24(30)26-20-10-8-17(9-11-20)23(29)25-19-4-2-3-5-19/h6-13,18-19H,2-5,14-15H2,1H3,(H,25,29)(H,26,30). The molecular formula is C24H27N3O3. The van der Waals surface area contributed by atoms with Gasteiger partial charge in [-0.3, -0.25) is 14.4 Å². The molecule has 156 valence electrons. The van der Waals surface area contributed by atoms with E-state index in [2.05, 4.69) is 10.6 Å². The van der Waals surface area contributed by atoms with Crippen LogP contribution in [-0.2, 0) is 9.59 Å². The predicted molar refractivity (Wildman–Crippen MR) is 116 cm³/mol. The molecule has 1 unspecified atom stereocenters. The van der Waals surface area contributed by atoms with Gasteiger partial charge in [0.1, 0.15) is 0 Å². The molecule has 1 saturated carbocycles.